The van der Waals surface area contributed by atoms with Crippen LogP contribution in [0.2, 0.25) is 0 Å². The quantitative estimate of drug-likeness (QED) is 0.774. The van der Waals surface area contributed by atoms with Gasteiger partial charge in [-0.1, -0.05) is 0 Å². The first-order valence-corrected chi connectivity index (χ1v) is 4.74. The zero-order valence-corrected chi connectivity index (χ0v) is 8.95. The van der Waals surface area contributed by atoms with E-state index in [0.717, 1.165) is 0 Å². The number of rotatable bonds is 0. The summed E-state index contributed by atoms with van der Waals surface area (Å²) in [5.74, 6) is -0.108. The van der Waals surface area contributed by atoms with Gasteiger partial charge in [0.05, 0.1) is 5.52 Å². The molecule has 0 bridgehead atoms. The van der Waals surface area contributed by atoms with Crippen molar-refractivity contribution >= 4 is 27.0 Å². The molecule has 0 saturated carbocycles. The van der Waals surface area contributed by atoms with Gasteiger partial charge in [-0.25, -0.2) is 0 Å². The van der Waals surface area contributed by atoms with Crippen LogP contribution in [0.15, 0.2) is 27.6 Å². The molecule has 2 heterocycles. The number of pyridine rings is 2. The van der Waals surface area contributed by atoms with Crippen molar-refractivity contribution in [3.05, 3.63) is 33.2 Å². The number of aromatic hydroxyl groups is 1. The summed E-state index contributed by atoms with van der Waals surface area (Å²) >= 11 is 3.03. The van der Waals surface area contributed by atoms with E-state index >= 15 is 0 Å². The molecule has 0 radical (unpaired) electrons. The zero-order valence-electron chi connectivity index (χ0n) is 7.36. The average Bonchev–Trinajstić information content (AvgIpc) is 2.23. The molecule has 0 aliphatic heterocycles. The molecule has 0 unspecified atom stereocenters. The van der Waals surface area contributed by atoms with Gasteiger partial charge in [-0.2, -0.15) is 0 Å². The van der Waals surface area contributed by atoms with Crippen molar-refractivity contribution < 1.29 is 5.11 Å². The Labute approximate surface area is 88.0 Å². The summed E-state index contributed by atoms with van der Waals surface area (Å²) in [7, 11) is 1.64. The van der Waals surface area contributed by atoms with E-state index < -0.39 is 0 Å². The summed E-state index contributed by atoms with van der Waals surface area (Å²) in [4.78, 5) is 15.5. The van der Waals surface area contributed by atoms with E-state index in [-0.39, 0.29) is 15.8 Å². The first kappa shape index (κ1) is 9.21. The lowest BCUT2D eigenvalue weighted by Crippen LogP contribution is -2.17. The number of aryl methyl sites for hydroxylation is 1. The molecular weight excluding hydrogens is 248 g/mol. The maximum Gasteiger partial charge on any atom is 0.268 e. The van der Waals surface area contributed by atoms with E-state index in [9.17, 15) is 9.90 Å². The molecule has 72 valence electrons. The van der Waals surface area contributed by atoms with Gasteiger partial charge < -0.3 is 9.67 Å². The molecule has 0 aromatic carbocycles. The van der Waals surface area contributed by atoms with Gasteiger partial charge in [0.2, 0.25) is 0 Å². The molecule has 14 heavy (non-hydrogen) atoms. The van der Waals surface area contributed by atoms with Crippen LogP contribution in [0.3, 0.4) is 0 Å². The van der Waals surface area contributed by atoms with Crippen LogP contribution in [0, 0.1) is 0 Å². The number of hydrogen-bond acceptors (Lipinski definition) is 3. The van der Waals surface area contributed by atoms with Crippen LogP contribution in [0.25, 0.3) is 11.0 Å². The van der Waals surface area contributed by atoms with Crippen molar-refractivity contribution in [3.63, 3.8) is 0 Å². The third-order valence-electron chi connectivity index (χ3n) is 2.07. The number of hydrogen-bond donors (Lipinski definition) is 1. The molecule has 1 N–H and O–H groups in total. The van der Waals surface area contributed by atoms with Crippen molar-refractivity contribution in [3.8, 4) is 5.75 Å². The van der Waals surface area contributed by atoms with Gasteiger partial charge in [0.15, 0.2) is 5.75 Å². The lowest BCUT2D eigenvalue weighted by molar-refractivity contribution is 0.474. The Morgan fingerprint density at radius 2 is 2.29 bits per heavy atom. The van der Waals surface area contributed by atoms with Crippen molar-refractivity contribution in [2.45, 2.75) is 0 Å². The molecule has 2 aromatic heterocycles. The minimum atomic E-state index is -0.275. The van der Waals surface area contributed by atoms with Crippen LogP contribution in [-0.4, -0.2) is 14.7 Å². The molecule has 2 aromatic rings. The van der Waals surface area contributed by atoms with E-state index in [1.807, 2.05) is 0 Å². The fraction of sp³-hybridized carbons (Fsp3) is 0.111. The van der Waals surface area contributed by atoms with E-state index in [2.05, 4.69) is 20.9 Å². The molecule has 2 rings (SSSR count). The fourth-order valence-corrected chi connectivity index (χ4v) is 1.77. The van der Waals surface area contributed by atoms with Crippen molar-refractivity contribution in [1.29, 1.82) is 0 Å². The SMILES string of the molecule is Cn1c(=O)c(Br)c(O)c2ncccc21. The Hall–Kier alpha value is -1.36. The van der Waals surface area contributed by atoms with E-state index in [1.54, 1.807) is 25.4 Å². The van der Waals surface area contributed by atoms with Crippen molar-refractivity contribution in [1.82, 2.24) is 9.55 Å². The van der Waals surface area contributed by atoms with Gasteiger partial charge in [0.25, 0.3) is 5.56 Å². The summed E-state index contributed by atoms with van der Waals surface area (Å²) in [5, 5.41) is 9.64. The van der Waals surface area contributed by atoms with Gasteiger partial charge in [-0.15, -0.1) is 0 Å². The second-order valence-electron chi connectivity index (χ2n) is 2.90. The van der Waals surface area contributed by atoms with Gasteiger partial charge in [-0.3, -0.25) is 9.78 Å². The molecule has 5 heteroatoms. The molecule has 0 atom stereocenters. The van der Waals surface area contributed by atoms with Gasteiger partial charge >= 0.3 is 0 Å². The van der Waals surface area contributed by atoms with Gasteiger partial charge in [0, 0.05) is 13.2 Å². The smallest absolute Gasteiger partial charge is 0.268 e. The molecule has 0 aliphatic carbocycles. The average molecular weight is 255 g/mol. The highest BCUT2D eigenvalue weighted by Gasteiger charge is 2.12. The Morgan fingerprint density at radius 3 is 3.00 bits per heavy atom. The maximum atomic E-state index is 11.5. The highest BCUT2D eigenvalue weighted by Crippen LogP contribution is 2.26. The Kier molecular flexibility index (Phi) is 2.03. The second kappa shape index (κ2) is 3.09. The lowest BCUT2D eigenvalue weighted by Gasteiger charge is -2.06. The highest BCUT2D eigenvalue weighted by molar-refractivity contribution is 9.10. The Balaban J connectivity index is 3.10. The third-order valence-corrected chi connectivity index (χ3v) is 2.79. The summed E-state index contributed by atoms with van der Waals surface area (Å²) in [6, 6.07) is 3.45. The Morgan fingerprint density at radius 1 is 1.57 bits per heavy atom. The summed E-state index contributed by atoms with van der Waals surface area (Å²) in [6.07, 6.45) is 1.57. The van der Waals surface area contributed by atoms with Crippen LogP contribution in [0.1, 0.15) is 0 Å². The molecule has 4 nitrogen and oxygen atoms in total. The monoisotopic (exact) mass is 254 g/mol. The van der Waals surface area contributed by atoms with Crippen molar-refractivity contribution in [2.24, 2.45) is 7.05 Å². The van der Waals surface area contributed by atoms with Crippen LogP contribution >= 0.6 is 15.9 Å². The normalized spacial score (nSPS) is 10.7. The van der Waals surface area contributed by atoms with Crippen LogP contribution in [-0.2, 0) is 7.05 Å². The number of nitrogens with zero attached hydrogens (tertiary/aromatic N) is 2. The zero-order chi connectivity index (χ0) is 10.3. The van der Waals surface area contributed by atoms with Crippen LogP contribution in [0.4, 0.5) is 0 Å². The topological polar surface area (TPSA) is 55.1 Å². The van der Waals surface area contributed by atoms with Gasteiger partial charge in [-0.05, 0) is 28.1 Å². The maximum absolute atomic E-state index is 11.5. The predicted molar refractivity (Wildman–Crippen MR) is 56.3 cm³/mol. The standard InChI is InChI=1S/C9H7BrN2O2/c1-12-5-3-2-4-11-7(5)8(13)6(10)9(12)14/h2-4,13H,1H3. The predicted octanol–water partition coefficient (Wildman–Crippen LogP) is 1.40. The Bertz CT molecular complexity index is 562. The second-order valence-corrected chi connectivity index (χ2v) is 3.69. The fourth-order valence-electron chi connectivity index (χ4n) is 1.31. The van der Waals surface area contributed by atoms with Crippen LogP contribution < -0.4 is 5.56 Å². The largest absolute Gasteiger partial charge is 0.504 e. The highest BCUT2D eigenvalue weighted by atomic mass is 79.9. The third kappa shape index (κ3) is 1.13. The molecule has 0 amide bonds. The van der Waals surface area contributed by atoms with E-state index in [0.29, 0.717) is 11.0 Å². The molecule has 0 aliphatic rings. The lowest BCUT2D eigenvalue weighted by atomic mass is 10.3. The first-order valence-electron chi connectivity index (χ1n) is 3.95. The molecule has 0 fully saturated rings. The van der Waals surface area contributed by atoms with Crippen molar-refractivity contribution in [2.75, 3.05) is 0 Å². The van der Waals surface area contributed by atoms with E-state index in [4.69, 9.17) is 0 Å². The molecule has 0 spiro atoms. The van der Waals surface area contributed by atoms with Gasteiger partial charge in [0.1, 0.15) is 9.99 Å². The van der Waals surface area contributed by atoms with E-state index in [1.165, 1.54) is 4.57 Å². The van der Waals surface area contributed by atoms with Crippen LogP contribution in [0.5, 0.6) is 5.75 Å². The minimum absolute atomic E-state index is 0.108. The summed E-state index contributed by atoms with van der Waals surface area (Å²) in [5.41, 5.74) is 0.752. The number of fused-ring (bicyclic) bond motifs is 1. The number of aromatic nitrogens is 2. The summed E-state index contributed by atoms with van der Waals surface area (Å²) in [6.45, 7) is 0. The minimum Gasteiger partial charge on any atom is -0.504 e. The first-order chi connectivity index (χ1) is 6.63. The summed E-state index contributed by atoms with van der Waals surface area (Å²) < 4.78 is 1.58. The molecular formula is C9H7BrN2O2. The molecule has 0 saturated heterocycles. The number of halogens is 1.